The molecule has 1 aromatic carbocycles. The van der Waals surface area contributed by atoms with E-state index in [1.54, 1.807) is 47.5 Å². The first-order valence-electron chi connectivity index (χ1n) is 9.11. The van der Waals surface area contributed by atoms with Crippen molar-refractivity contribution >= 4 is 33.4 Å². The van der Waals surface area contributed by atoms with Gasteiger partial charge in [0.15, 0.2) is 0 Å². The number of para-hydroxylation sites is 1. The molecule has 0 atom stereocenters. The standard InChI is InChI=1S/C20H18N4O5S/c25-19(14-7-8-18-23-30(27,28)11-9-24(18)13-14)22-17-6-2-1-5-16(17)20(26)21-12-15-4-3-10-29-15/h1-8,10,13H,9,11-12H2,(H,21,26)(H,22,25). The highest BCUT2D eigenvalue weighted by molar-refractivity contribution is 7.90. The van der Waals surface area contributed by atoms with E-state index in [9.17, 15) is 18.0 Å². The van der Waals surface area contributed by atoms with Gasteiger partial charge in [0.25, 0.3) is 21.8 Å². The number of amides is 2. The fourth-order valence-electron chi connectivity index (χ4n) is 3.00. The van der Waals surface area contributed by atoms with Gasteiger partial charge in [-0.2, -0.15) is 0 Å². The number of carbonyl (C=O) groups is 2. The molecule has 2 aliphatic heterocycles. The predicted octanol–water partition coefficient (Wildman–Crippen LogP) is 1.65. The molecule has 0 bridgehead atoms. The van der Waals surface area contributed by atoms with Gasteiger partial charge < -0.3 is 20.0 Å². The van der Waals surface area contributed by atoms with Gasteiger partial charge in [0.05, 0.1) is 35.4 Å². The zero-order valence-electron chi connectivity index (χ0n) is 15.7. The van der Waals surface area contributed by atoms with Crippen LogP contribution >= 0.6 is 0 Å². The van der Waals surface area contributed by atoms with Crippen LogP contribution in [-0.2, 0) is 21.4 Å². The topological polar surface area (TPSA) is 121 Å². The number of rotatable bonds is 5. The molecule has 30 heavy (non-hydrogen) atoms. The van der Waals surface area contributed by atoms with Crippen molar-refractivity contribution < 1.29 is 22.4 Å². The van der Waals surface area contributed by atoms with E-state index in [-0.39, 0.29) is 30.6 Å². The molecule has 10 heteroatoms. The largest absolute Gasteiger partial charge is 0.467 e. The second-order valence-corrected chi connectivity index (χ2v) is 8.36. The van der Waals surface area contributed by atoms with Crippen LogP contribution in [-0.4, -0.2) is 43.3 Å². The molecular weight excluding hydrogens is 408 g/mol. The third kappa shape index (κ3) is 4.33. The SMILES string of the molecule is O=C(Nc1ccccc1C(=O)NCc1ccco1)C1=CN2CCS(=O)(=O)N=C2C=C1. The third-order valence-electron chi connectivity index (χ3n) is 4.51. The molecule has 0 spiro atoms. The van der Waals surface area contributed by atoms with Gasteiger partial charge in [-0.3, -0.25) is 9.59 Å². The molecule has 154 valence electrons. The van der Waals surface area contributed by atoms with Crippen LogP contribution in [0.15, 0.2) is 75.4 Å². The molecule has 0 radical (unpaired) electrons. The molecule has 0 saturated heterocycles. The molecule has 4 rings (SSSR count). The van der Waals surface area contributed by atoms with Gasteiger partial charge in [-0.1, -0.05) is 12.1 Å². The molecule has 2 N–H and O–H groups in total. The van der Waals surface area contributed by atoms with E-state index < -0.39 is 15.9 Å². The Kier molecular flexibility index (Phi) is 5.23. The monoisotopic (exact) mass is 426 g/mol. The summed E-state index contributed by atoms with van der Waals surface area (Å²) in [6.07, 6.45) is 6.04. The van der Waals surface area contributed by atoms with Crippen LogP contribution in [0.1, 0.15) is 16.1 Å². The Balaban J connectivity index is 1.47. The number of sulfonamides is 1. The van der Waals surface area contributed by atoms with Crippen molar-refractivity contribution in [1.82, 2.24) is 10.2 Å². The average Bonchev–Trinajstić information content (AvgIpc) is 3.25. The van der Waals surface area contributed by atoms with Crippen LogP contribution in [0.5, 0.6) is 0 Å². The number of hydrogen-bond acceptors (Lipinski definition) is 6. The number of carbonyl (C=O) groups excluding carboxylic acids is 2. The highest BCUT2D eigenvalue weighted by Crippen LogP contribution is 2.20. The zero-order valence-corrected chi connectivity index (χ0v) is 16.6. The smallest absolute Gasteiger partial charge is 0.257 e. The average molecular weight is 426 g/mol. The predicted molar refractivity (Wildman–Crippen MR) is 110 cm³/mol. The van der Waals surface area contributed by atoms with Gasteiger partial charge >= 0.3 is 0 Å². The highest BCUT2D eigenvalue weighted by atomic mass is 32.2. The Bertz CT molecular complexity index is 1180. The van der Waals surface area contributed by atoms with Crippen molar-refractivity contribution in [2.75, 3.05) is 17.6 Å². The summed E-state index contributed by atoms with van der Waals surface area (Å²) in [6, 6.07) is 10.1. The molecule has 2 aliphatic rings. The normalized spacial score (nSPS) is 16.9. The second kappa shape index (κ2) is 7.99. The summed E-state index contributed by atoms with van der Waals surface area (Å²) in [5, 5.41) is 5.48. The Morgan fingerprint density at radius 1 is 1.10 bits per heavy atom. The number of benzene rings is 1. The molecule has 1 aromatic heterocycles. The summed E-state index contributed by atoms with van der Waals surface area (Å²) in [5.41, 5.74) is 0.984. The van der Waals surface area contributed by atoms with Crippen LogP contribution in [0.25, 0.3) is 0 Å². The first-order valence-corrected chi connectivity index (χ1v) is 10.7. The van der Waals surface area contributed by atoms with E-state index in [4.69, 9.17) is 4.42 Å². The van der Waals surface area contributed by atoms with Crippen LogP contribution in [0.2, 0.25) is 0 Å². The van der Waals surface area contributed by atoms with Crippen LogP contribution in [0, 0.1) is 0 Å². The lowest BCUT2D eigenvalue weighted by Crippen LogP contribution is -2.37. The fraction of sp³-hybridized carbons (Fsp3) is 0.150. The summed E-state index contributed by atoms with van der Waals surface area (Å²) >= 11 is 0. The molecule has 2 amide bonds. The molecule has 0 aliphatic carbocycles. The quantitative estimate of drug-likeness (QED) is 0.750. The van der Waals surface area contributed by atoms with E-state index in [0.717, 1.165) is 0 Å². The Labute approximate surface area is 172 Å². The van der Waals surface area contributed by atoms with E-state index in [2.05, 4.69) is 15.0 Å². The summed E-state index contributed by atoms with van der Waals surface area (Å²) in [4.78, 5) is 26.9. The lowest BCUT2D eigenvalue weighted by atomic mass is 10.1. The maximum atomic E-state index is 12.7. The van der Waals surface area contributed by atoms with Gasteiger partial charge in [-0.15, -0.1) is 4.40 Å². The second-order valence-electron chi connectivity index (χ2n) is 6.61. The third-order valence-corrected chi connectivity index (χ3v) is 5.67. The fourth-order valence-corrected chi connectivity index (χ4v) is 3.97. The molecule has 9 nitrogen and oxygen atoms in total. The number of nitrogens with one attached hydrogen (secondary N) is 2. The molecule has 3 heterocycles. The zero-order chi connectivity index (χ0) is 21.1. The number of hydrogen-bond donors (Lipinski definition) is 2. The van der Waals surface area contributed by atoms with E-state index >= 15 is 0 Å². The minimum absolute atomic E-state index is 0.117. The van der Waals surface area contributed by atoms with Crippen molar-refractivity contribution in [2.45, 2.75) is 6.54 Å². The van der Waals surface area contributed by atoms with Gasteiger partial charge in [-0.25, -0.2) is 8.42 Å². The summed E-state index contributed by atoms with van der Waals surface area (Å²) in [7, 11) is -3.46. The summed E-state index contributed by atoms with van der Waals surface area (Å²) in [6.45, 7) is 0.441. The number of fused-ring (bicyclic) bond motifs is 1. The molecular formula is C20H18N4O5S. The maximum Gasteiger partial charge on any atom is 0.257 e. The first kappa shape index (κ1) is 19.6. The molecule has 0 unspecified atom stereocenters. The number of nitrogens with zero attached hydrogens (tertiary/aromatic N) is 2. The Hall–Kier alpha value is -3.66. The van der Waals surface area contributed by atoms with Crippen molar-refractivity contribution in [2.24, 2.45) is 4.40 Å². The summed E-state index contributed by atoms with van der Waals surface area (Å²) < 4.78 is 32.1. The van der Waals surface area contributed by atoms with E-state index in [0.29, 0.717) is 22.6 Å². The minimum atomic E-state index is -3.46. The highest BCUT2D eigenvalue weighted by Gasteiger charge is 2.25. The van der Waals surface area contributed by atoms with Crippen molar-refractivity contribution in [1.29, 1.82) is 0 Å². The number of furan rings is 1. The van der Waals surface area contributed by atoms with Crippen molar-refractivity contribution in [3.63, 3.8) is 0 Å². The number of anilines is 1. The van der Waals surface area contributed by atoms with Gasteiger partial charge in [0.1, 0.15) is 11.6 Å². The maximum absolute atomic E-state index is 12.7. The Morgan fingerprint density at radius 3 is 2.73 bits per heavy atom. The van der Waals surface area contributed by atoms with E-state index in [1.807, 2.05) is 0 Å². The first-order chi connectivity index (χ1) is 14.4. The van der Waals surface area contributed by atoms with Gasteiger partial charge in [0.2, 0.25) is 0 Å². The minimum Gasteiger partial charge on any atom is -0.467 e. The molecule has 0 saturated carbocycles. The number of amidine groups is 1. The lowest BCUT2D eigenvalue weighted by Gasteiger charge is -2.27. The van der Waals surface area contributed by atoms with Crippen LogP contribution in [0.3, 0.4) is 0 Å². The molecule has 2 aromatic rings. The lowest BCUT2D eigenvalue weighted by molar-refractivity contribution is -0.112. The van der Waals surface area contributed by atoms with Crippen LogP contribution in [0.4, 0.5) is 5.69 Å². The summed E-state index contributed by atoms with van der Waals surface area (Å²) in [5.74, 6) is -0.0102. The van der Waals surface area contributed by atoms with Gasteiger partial charge in [0, 0.05) is 12.7 Å². The Morgan fingerprint density at radius 2 is 1.93 bits per heavy atom. The van der Waals surface area contributed by atoms with Crippen LogP contribution < -0.4 is 10.6 Å². The van der Waals surface area contributed by atoms with E-state index in [1.165, 1.54) is 18.4 Å². The molecule has 0 fully saturated rings. The van der Waals surface area contributed by atoms with Crippen molar-refractivity contribution in [3.8, 4) is 0 Å². The van der Waals surface area contributed by atoms with Gasteiger partial charge in [-0.05, 0) is 36.4 Å². The van der Waals surface area contributed by atoms with Crippen molar-refractivity contribution in [3.05, 3.63) is 77.9 Å².